The highest BCUT2D eigenvalue weighted by atomic mass is 35.5. The quantitative estimate of drug-likeness (QED) is 0.325. The molecule has 214 valence electrons. The molecule has 0 aliphatic rings. The zero-order valence-corrected chi connectivity index (χ0v) is 23.7. The summed E-state index contributed by atoms with van der Waals surface area (Å²) < 4.78 is 67.9. The molecule has 1 amide bonds. The van der Waals surface area contributed by atoms with Crippen LogP contribution in [0.2, 0.25) is 5.02 Å². The van der Waals surface area contributed by atoms with E-state index < -0.39 is 34.3 Å². The number of amides is 1. The third-order valence-corrected chi connectivity index (χ3v) is 7.68. The van der Waals surface area contributed by atoms with Crippen LogP contribution >= 0.6 is 11.6 Å². The van der Waals surface area contributed by atoms with Crippen LogP contribution in [0.5, 0.6) is 23.0 Å². The number of nitrogens with one attached hydrogen (secondary N) is 1. The zero-order chi connectivity index (χ0) is 29.6. The number of carbonyl (C=O) groups excluding carboxylic acids is 2. The standard InChI is InChI=1S/C26H26ClFN2O9S/c1-35-21-9-7-16(11-22(21)36-2)40(33,34)30(15-6-8-19(28)18(27)10-15)14-25(31)29-20-13-24(38-4)23(37-3)12-17(20)26(32)39-5/h6-13H,14H2,1-5H3,(H,29,31). The number of esters is 1. The molecule has 0 bridgehead atoms. The number of carbonyl (C=O) groups is 2. The second-order valence-electron chi connectivity index (χ2n) is 7.92. The number of anilines is 2. The lowest BCUT2D eigenvalue weighted by molar-refractivity contribution is -0.114. The Balaban J connectivity index is 2.08. The van der Waals surface area contributed by atoms with Crippen molar-refractivity contribution in [2.45, 2.75) is 4.90 Å². The average Bonchev–Trinajstić information content (AvgIpc) is 2.96. The lowest BCUT2D eigenvalue weighted by Crippen LogP contribution is -2.38. The van der Waals surface area contributed by atoms with Crippen LogP contribution in [0.1, 0.15) is 10.4 Å². The van der Waals surface area contributed by atoms with Crippen LogP contribution in [0.3, 0.4) is 0 Å². The van der Waals surface area contributed by atoms with Gasteiger partial charge in [-0.15, -0.1) is 0 Å². The van der Waals surface area contributed by atoms with Crippen molar-refractivity contribution in [3.63, 3.8) is 0 Å². The van der Waals surface area contributed by atoms with Gasteiger partial charge in [-0.2, -0.15) is 0 Å². The summed E-state index contributed by atoms with van der Waals surface area (Å²) in [5.41, 5.74) is -0.209. The zero-order valence-electron chi connectivity index (χ0n) is 22.1. The molecule has 11 nitrogen and oxygen atoms in total. The van der Waals surface area contributed by atoms with E-state index in [9.17, 15) is 22.4 Å². The number of rotatable bonds is 11. The summed E-state index contributed by atoms with van der Waals surface area (Å²) >= 11 is 5.93. The highest BCUT2D eigenvalue weighted by molar-refractivity contribution is 7.92. The first-order valence-electron chi connectivity index (χ1n) is 11.3. The van der Waals surface area contributed by atoms with Gasteiger partial charge in [0.05, 0.1) is 62.4 Å². The number of nitrogens with zero attached hydrogens (tertiary/aromatic N) is 1. The molecule has 14 heteroatoms. The van der Waals surface area contributed by atoms with Gasteiger partial charge in [0.2, 0.25) is 5.91 Å². The molecule has 3 aromatic carbocycles. The van der Waals surface area contributed by atoms with Crippen molar-refractivity contribution < 1.29 is 46.1 Å². The first kappa shape index (κ1) is 30.3. The molecular formula is C26H26ClFN2O9S. The van der Waals surface area contributed by atoms with Gasteiger partial charge in [0.15, 0.2) is 23.0 Å². The maximum atomic E-state index is 13.9. The summed E-state index contributed by atoms with van der Waals surface area (Å²) in [6.07, 6.45) is 0. The minimum absolute atomic E-state index is 0.0323. The molecule has 0 radical (unpaired) electrons. The van der Waals surface area contributed by atoms with Gasteiger partial charge in [0.25, 0.3) is 10.0 Å². The Bertz CT molecular complexity index is 1530. The molecular weight excluding hydrogens is 571 g/mol. The normalized spacial score (nSPS) is 10.9. The summed E-state index contributed by atoms with van der Waals surface area (Å²) in [5, 5.41) is 2.15. The topological polar surface area (TPSA) is 130 Å². The van der Waals surface area contributed by atoms with Gasteiger partial charge >= 0.3 is 5.97 Å². The van der Waals surface area contributed by atoms with Crippen LogP contribution in [0.4, 0.5) is 15.8 Å². The highest BCUT2D eigenvalue weighted by Gasteiger charge is 2.30. The number of hydrogen-bond donors (Lipinski definition) is 1. The lowest BCUT2D eigenvalue weighted by Gasteiger charge is -2.25. The maximum Gasteiger partial charge on any atom is 0.340 e. The second kappa shape index (κ2) is 12.7. The van der Waals surface area contributed by atoms with E-state index in [1.807, 2.05) is 0 Å². The number of ether oxygens (including phenoxy) is 5. The minimum Gasteiger partial charge on any atom is -0.493 e. The molecule has 0 heterocycles. The molecule has 40 heavy (non-hydrogen) atoms. The summed E-state index contributed by atoms with van der Waals surface area (Å²) in [5.74, 6) is -1.66. The fourth-order valence-electron chi connectivity index (χ4n) is 3.64. The third kappa shape index (κ3) is 6.32. The van der Waals surface area contributed by atoms with Gasteiger partial charge in [0.1, 0.15) is 12.4 Å². The van der Waals surface area contributed by atoms with Gasteiger partial charge in [-0.05, 0) is 30.3 Å². The van der Waals surface area contributed by atoms with E-state index in [2.05, 4.69) is 5.32 Å². The Labute approximate surface area is 235 Å². The van der Waals surface area contributed by atoms with Gasteiger partial charge in [-0.25, -0.2) is 17.6 Å². The largest absolute Gasteiger partial charge is 0.493 e. The van der Waals surface area contributed by atoms with E-state index in [0.717, 1.165) is 29.6 Å². The van der Waals surface area contributed by atoms with Crippen LogP contribution in [0, 0.1) is 5.82 Å². The molecule has 0 saturated heterocycles. The van der Waals surface area contributed by atoms with Crippen LogP contribution in [0.15, 0.2) is 53.4 Å². The smallest absolute Gasteiger partial charge is 0.340 e. The predicted molar refractivity (Wildman–Crippen MR) is 145 cm³/mol. The SMILES string of the molecule is COC(=O)c1cc(OC)c(OC)cc1NC(=O)CN(c1ccc(F)c(Cl)c1)S(=O)(=O)c1ccc(OC)c(OC)c1. The Hall–Kier alpha value is -4.23. The van der Waals surface area contributed by atoms with E-state index in [1.54, 1.807) is 0 Å². The minimum atomic E-state index is -4.46. The maximum absolute atomic E-state index is 13.9. The van der Waals surface area contributed by atoms with E-state index in [1.165, 1.54) is 58.8 Å². The van der Waals surface area contributed by atoms with E-state index in [4.69, 9.17) is 35.3 Å². The van der Waals surface area contributed by atoms with Crippen molar-refractivity contribution >= 4 is 44.9 Å². The van der Waals surface area contributed by atoms with Gasteiger partial charge < -0.3 is 29.0 Å². The molecule has 0 aliphatic carbocycles. The van der Waals surface area contributed by atoms with Crippen molar-refractivity contribution in [1.29, 1.82) is 0 Å². The number of halogens is 2. The van der Waals surface area contributed by atoms with Crippen molar-refractivity contribution in [2.75, 3.05) is 51.7 Å². The van der Waals surface area contributed by atoms with Crippen LogP contribution in [0.25, 0.3) is 0 Å². The van der Waals surface area contributed by atoms with Crippen molar-refractivity contribution in [1.82, 2.24) is 0 Å². The Morgan fingerprint density at radius 3 is 2.02 bits per heavy atom. The van der Waals surface area contributed by atoms with Crippen LogP contribution in [-0.4, -0.2) is 62.4 Å². The third-order valence-electron chi connectivity index (χ3n) is 5.62. The lowest BCUT2D eigenvalue weighted by atomic mass is 10.1. The molecule has 0 aromatic heterocycles. The molecule has 3 rings (SSSR count). The van der Waals surface area contributed by atoms with Gasteiger partial charge in [-0.3, -0.25) is 9.10 Å². The average molecular weight is 597 g/mol. The second-order valence-corrected chi connectivity index (χ2v) is 10.2. The molecule has 0 saturated carbocycles. The molecule has 3 aromatic rings. The van der Waals surface area contributed by atoms with E-state index >= 15 is 0 Å². The summed E-state index contributed by atoms with van der Waals surface area (Å²) in [4.78, 5) is 25.4. The molecule has 0 atom stereocenters. The van der Waals surface area contributed by atoms with Crippen molar-refractivity contribution in [2.24, 2.45) is 0 Å². The van der Waals surface area contributed by atoms with Crippen LogP contribution in [-0.2, 0) is 19.6 Å². The van der Waals surface area contributed by atoms with Gasteiger partial charge in [-0.1, -0.05) is 11.6 Å². The number of methoxy groups -OCH3 is 5. The monoisotopic (exact) mass is 596 g/mol. The summed E-state index contributed by atoms with van der Waals surface area (Å²) in [6, 6.07) is 9.68. The first-order valence-corrected chi connectivity index (χ1v) is 13.2. The highest BCUT2D eigenvalue weighted by Crippen LogP contribution is 2.35. The predicted octanol–water partition coefficient (Wildman–Crippen LogP) is 4.13. The molecule has 0 fully saturated rings. The fourth-order valence-corrected chi connectivity index (χ4v) is 5.24. The Morgan fingerprint density at radius 2 is 1.45 bits per heavy atom. The molecule has 0 unspecified atom stereocenters. The Morgan fingerprint density at radius 1 is 0.850 bits per heavy atom. The van der Waals surface area contributed by atoms with Crippen molar-refractivity contribution in [3.05, 3.63) is 64.9 Å². The Kier molecular flexibility index (Phi) is 9.66. The van der Waals surface area contributed by atoms with E-state index in [-0.39, 0.29) is 49.9 Å². The number of hydrogen-bond acceptors (Lipinski definition) is 9. The fraction of sp³-hybridized carbons (Fsp3) is 0.231. The molecule has 0 aliphatic heterocycles. The molecule has 0 spiro atoms. The summed E-state index contributed by atoms with van der Waals surface area (Å²) in [6.45, 7) is -0.798. The van der Waals surface area contributed by atoms with Gasteiger partial charge in [0, 0.05) is 18.2 Å². The number of sulfonamides is 1. The first-order chi connectivity index (χ1) is 19.0. The van der Waals surface area contributed by atoms with Crippen LogP contribution < -0.4 is 28.6 Å². The number of benzene rings is 3. The summed E-state index contributed by atoms with van der Waals surface area (Å²) in [7, 11) is 2.13. The van der Waals surface area contributed by atoms with Crippen molar-refractivity contribution in [3.8, 4) is 23.0 Å². The van der Waals surface area contributed by atoms with E-state index in [0.29, 0.717) is 0 Å². The molecule has 1 N–H and O–H groups in total.